The second-order valence-electron chi connectivity index (χ2n) is 6.53. The average Bonchev–Trinajstić information content (AvgIpc) is 2.24. The molecule has 0 N–H and O–H groups in total. The average molecular weight is 259 g/mol. The Labute approximate surface area is 112 Å². The van der Waals surface area contributed by atoms with Crippen molar-refractivity contribution in [1.29, 1.82) is 0 Å². The van der Waals surface area contributed by atoms with Crippen molar-refractivity contribution in [2.45, 2.75) is 91.6 Å². The molecule has 0 radical (unpaired) electrons. The van der Waals surface area contributed by atoms with Crippen molar-refractivity contribution in [3.05, 3.63) is 0 Å². The van der Waals surface area contributed by atoms with Crippen LogP contribution in [0.25, 0.3) is 0 Å². The van der Waals surface area contributed by atoms with Crippen LogP contribution in [0.4, 0.5) is 0 Å². The third kappa shape index (κ3) is 12.4. The van der Waals surface area contributed by atoms with Gasteiger partial charge >= 0.3 is 0 Å². The van der Waals surface area contributed by atoms with E-state index < -0.39 is 0 Å². The first-order valence-corrected chi connectivity index (χ1v) is 8.34. The lowest BCUT2D eigenvalue weighted by Crippen LogP contribution is -2.20. The topological polar surface area (TPSA) is 9.23 Å². The molecular formula is C15H34OSi. The van der Waals surface area contributed by atoms with E-state index >= 15 is 0 Å². The highest BCUT2D eigenvalue weighted by molar-refractivity contribution is 5.98. The standard InChI is InChI=1S/C15H34OSi/c1-5-6-7-8-9-10-11-12-14(16-17)13-15(2,3)4/h14H,5-13H2,1-4,17H3. The fourth-order valence-electron chi connectivity index (χ4n) is 2.32. The maximum Gasteiger partial charge on any atom is 0.146 e. The number of unbranched alkanes of at least 4 members (excludes halogenated alkanes) is 6. The normalized spacial score (nSPS) is 14.1. The van der Waals surface area contributed by atoms with Crippen LogP contribution in [-0.2, 0) is 4.43 Å². The zero-order valence-electron chi connectivity index (χ0n) is 12.8. The van der Waals surface area contributed by atoms with Gasteiger partial charge in [0.1, 0.15) is 10.5 Å². The highest BCUT2D eigenvalue weighted by Gasteiger charge is 2.17. The lowest BCUT2D eigenvalue weighted by Gasteiger charge is -2.25. The summed E-state index contributed by atoms with van der Waals surface area (Å²) in [7, 11) is 0.886. The Morgan fingerprint density at radius 1 is 0.941 bits per heavy atom. The zero-order valence-corrected chi connectivity index (χ0v) is 14.8. The van der Waals surface area contributed by atoms with Crippen LogP contribution in [0, 0.1) is 5.41 Å². The number of rotatable bonds is 10. The smallest absolute Gasteiger partial charge is 0.146 e. The molecule has 0 aromatic carbocycles. The van der Waals surface area contributed by atoms with Gasteiger partial charge in [0.25, 0.3) is 0 Å². The van der Waals surface area contributed by atoms with Gasteiger partial charge in [-0.3, -0.25) is 0 Å². The van der Waals surface area contributed by atoms with Crippen molar-refractivity contribution in [3.63, 3.8) is 0 Å². The monoisotopic (exact) mass is 258 g/mol. The van der Waals surface area contributed by atoms with Gasteiger partial charge in [-0.25, -0.2) is 0 Å². The van der Waals surface area contributed by atoms with Gasteiger partial charge in [-0.05, 0) is 18.3 Å². The van der Waals surface area contributed by atoms with Crippen LogP contribution < -0.4 is 0 Å². The SMILES string of the molecule is CCCCCCCCCC(CC(C)(C)C)O[SiH3]. The minimum Gasteiger partial charge on any atom is -0.425 e. The Kier molecular flexibility index (Phi) is 10.2. The van der Waals surface area contributed by atoms with E-state index in [9.17, 15) is 0 Å². The summed E-state index contributed by atoms with van der Waals surface area (Å²) in [6.07, 6.45) is 12.8. The van der Waals surface area contributed by atoms with E-state index in [1.807, 2.05) is 0 Å². The van der Waals surface area contributed by atoms with Crippen molar-refractivity contribution < 1.29 is 4.43 Å². The lowest BCUT2D eigenvalue weighted by atomic mass is 9.87. The van der Waals surface area contributed by atoms with Crippen LogP contribution in [-0.4, -0.2) is 16.6 Å². The van der Waals surface area contributed by atoms with Gasteiger partial charge in [-0.1, -0.05) is 72.6 Å². The van der Waals surface area contributed by atoms with Crippen molar-refractivity contribution >= 4 is 10.5 Å². The van der Waals surface area contributed by atoms with Crippen molar-refractivity contribution in [3.8, 4) is 0 Å². The van der Waals surface area contributed by atoms with Gasteiger partial charge < -0.3 is 4.43 Å². The first-order valence-electron chi connectivity index (χ1n) is 7.52. The van der Waals surface area contributed by atoms with E-state index in [4.69, 9.17) is 4.43 Å². The van der Waals surface area contributed by atoms with Crippen molar-refractivity contribution in [2.75, 3.05) is 0 Å². The Morgan fingerprint density at radius 2 is 1.47 bits per heavy atom. The van der Waals surface area contributed by atoms with E-state index in [0.29, 0.717) is 11.5 Å². The fraction of sp³-hybridized carbons (Fsp3) is 1.00. The molecule has 0 aliphatic heterocycles. The molecule has 0 heterocycles. The largest absolute Gasteiger partial charge is 0.425 e. The summed E-state index contributed by atoms with van der Waals surface area (Å²) < 4.78 is 5.71. The van der Waals surface area contributed by atoms with Crippen LogP contribution in [0.2, 0.25) is 0 Å². The van der Waals surface area contributed by atoms with E-state index in [0.717, 1.165) is 10.5 Å². The van der Waals surface area contributed by atoms with E-state index in [-0.39, 0.29) is 0 Å². The molecule has 104 valence electrons. The van der Waals surface area contributed by atoms with Crippen LogP contribution in [0.3, 0.4) is 0 Å². The van der Waals surface area contributed by atoms with Gasteiger partial charge in [-0.15, -0.1) is 0 Å². The summed E-state index contributed by atoms with van der Waals surface area (Å²) in [6.45, 7) is 9.21. The molecule has 2 heteroatoms. The molecule has 1 atom stereocenters. The maximum absolute atomic E-state index is 5.71. The molecule has 0 fully saturated rings. The predicted molar refractivity (Wildman–Crippen MR) is 81.5 cm³/mol. The van der Waals surface area contributed by atoms with E-state index in [1.54, 1.807) is 0 Å². The third-order valence-corrected chi connectivity index (χ3v) is 3.97. The first kappa shape index (κ1) is 17.2. The van der Waals surface area contributed by atoms with Gasteiger partial charge in [0, 0.05) is 6.10 Å². The van der Waals surface area contributed by atoms with Crippen molar-refractivity contribution in [2.24, 2.45) is 5.41 Å². The Bertz CT molecular complexity index is 163. The second-order valence-corrected chi connectivity index (χ2v) is 7.00. The molecule has 17 heavy (non-hydrogen) atoms. The van der Waals surface area contributed by atoms with Gasteiger partial charge in [0.05, 0.1) is 0 Å². The van der Waals surface area contributed by atoms with Crippen LogP contribution in [0.5, 0.6) is 0 Å². The molecule has 0 amide bonds. The van der Waals surface area contributed by atoms with Crippen LogP contribution >= 0.6 is 0 Å². The Morgan fingerprint density at radius 3 is 1.94 bits per heavy atom. The third-order valence-electron chi connectivity index (χ3n) is 3.30. The van der Waals surface area contributed by atoms with Gasteiger partial charge in [-0.2, -0.15) is 0 Å². The molecule has 0 aromatic heterocycles. The highest BCUT2D eigenvalue weighted by Crippen LogP contribution is 2.24. The quantitative estimate of drug-likeness (QED) is 0.421. The molecule has 0 saturated carbocycles. The molecule has 0 aliphatic carbocycles. The zero-order chi connectivity index (χ0) is 13.1. The van der Waals surface area contributed by atoms with Crippen molar-refractivity contribution in [1.82, 2.24) is 0 Å². The van der Waals surface area contributed by atoms with Crippen LogP contribution in [0.1, 0.15) is 85.5 Å². The molecule has 0 aromatic rings. The molecule has 1 nitrogen and oxygen atoms in total. The Balaban J connectivity index is 3.44. The summed E-state index contributed by atoms with van der Waals surface area (Å²) in [6, 6.07) is 0. The Hall–Kier alpha value is 0.177. The first-order chi connectivity index (χ1) is 7.99. The summed E-state index contributed by atoms with van der Waals surface area (Å²) in [5.41, 5.74) is 0.413. The van der Waals surface area contributed by atoms with Gasteiger partial charge in [0.2, 0.25) is 0 Å². The minimum atomic E-state index is 0.413. The maximum atomic E-state index is 5.71. The van der Waals surface area contributed by atoms with E-state index in [2.05, 4.69) is 27.7 Å². The molecule has 0 aliphatic rings. The molecule has 0 bridgehead atoms. The fourth-order valence-corrected chi connectivity index (χ4v) is 2.72. The number of hydrogen-bond donors (Lipinski definition) is 0. The highest BCUT2D eigenvalue weighted by atomic mass is 28.2. The number of hydrogen-bond acceptors (Lipinski definition) is 1. The second kappa shape index (κ2) is 10.1. The molecule has 1 unspecified atom stereocenters. The summed E-state index contributed by atoms with van der Waals surface area (Å²) in [4.78, 5) is 0. The summed E-state index contributed by atoms with van der Waals surface area (Å²) in [5.74, 6) is 0. The molecule has 0 saturated heterocycles. The van der Waals surface area contributed by atoms with E-state index in [1.165, 1.54) is 57.8 Å². The minimum absolute atomic E-state index is 0.413. The lowest BCUT2D eigenvalue weighted by molar-refractivity contribution is 0.144. The van der Waals surface area contributed by atoms with Gasteiger partial charge in [0.15, 0.2) is 0 Å². The van der Waals surface area contributed by atoms with Crippen LogP contribution in [0.15, 0.2) is 0 Å². The summed E-state index contributed by atoms with van der Waals surface area (Å²) >= 11 is 0. The molecule has 0 rings (SSSR count). The predicted octanol–water partition coefficient (Wildman–Crippen LogP) is 4.23. The molecular weight excluding hydrogens is 224 g/mol. The summed E-state index contributed by atoms with van der Waals surface area (Å²) in [5, 5.41) is 0. The molecule has 0 spiro atoms.